The van der Waals surface area contributed by atoms with Crippen molar-refractivity contribution in [2.45, 2.75) is 12.8 Å². The molecule has 1 aromatic heterocycles. The normalized spacial score (nSPS) is 13.6. The molecule has 0 saturated carbocycles. The first-order chi connectivity index (χ1) is 12.3. The largest absolute Gasteiger partial charge is 0.228 e. The summed E-state index contributed by atoms with van der Waals surface area (Å²) in [7, 11) is 0. The van der Waals surface area contributed by atoms with Crippen LogP contribution in [0.1, 0.15) is 18.7 Å². The number of rotatable bonds is 3. The summed E-state index contributed by atoms with van der Waals surface area (Å²) in [6, 6.07) is 20.0. The van der Waals surface area contributed by atoms with Crippen molar-refractivity contribution in [1.29, 1.82) is 0 Å². The fourth-order valence-electron chi connectivity index (χ4n) is 2.91. The van der Waals surface area contributed by atoms with Crippen molar-refractivity contribution in [2.75, 3.05) is 0 Å². The summed E-state index contributed by atoms with van der Waals surface area (Å²) in [6.45, 7) is 0. The summed E-state index contributed by atoms with van der Waals surface area (Å²) in [5.41, 5.74) is 4.95. The van der Waals surface area contributed by atoms with Gasteiger partial charge in [0, 0.05) is 21.7 Å². The van der Waals surface area contributed by atoms with Crippen molar-refractivity contribution in [3.8, 4) is 22.5 Å². The first-order valence-corrected chi connectivity index (χ1v) is 8.75. The third kappa shape index (κ3) is 3.54. The molecule has 0 radical (unpaired) electrons. The molecule has 0 N–H and O–H groups in total. The number of hydrogen-bond acceptors (Lipinski definition) is 2. The molecule has 1 heterocycles. The van der Waals surface area contributed by atoms with Gasteiger partial charge in [0.15, 0.2) is 5.82 Å². The van der Waals surface area contributed by atoms with Gasteiger partial charge in [0.1, 0.15) is 0 Å². The lowest BCUT2D eigenvalue weighted by Crippen LogP contribution is -1.99. The van der Waals surface area contributed by atoms with Gasteiger partial charge in [-0.05, 0) is 31.0 Å². The van der Waals surface area contributed by atoms with Gasteiger partial charge >= 0.3 is 0 Å². The van der Waals surface area contributed by atoms with Crippen LogP contribution < -0.4 is 0 Å². The number of allylic oxidation sites excluding steroid dienone is 4. The van der Waals surface area contributed by atoms with Crippen LogP contribution in [0.25, 0.3) is 28.1 Å². The molecule has 0 spiro atoms. The van der Waals surface area contributed by atoms with Gasteiger partial charge in [-0.25, -0.2) is 9.97 Å². The second kappa shape index (κ2) is 7.04. The molecule has 0 saturated heterocycles. The lowest BCUT2D eigenvalue weighted by molar-refractivity contribution is 1.03. The smallest absolute Gasteiger partial charge is 0.160 e. The molecule has 25 heavy (non-hydrogen) atoms. The van der Waals surface area contributed by atoms with E-state index >= 15 is 0 Å². The SMILES string of the molecule is Clc1cccc(-c2cc(-c3ccccc3)nc(C3=CCCC=C3)n2)c1. The van der Waals surface area contributed by atoms with Gasteiger partial charge in [0.05, 0.1) is 11.4 Å². The molecule has 0 atom stereocenters. The molecular formula is C22H17ClN2. The van der Waals surface area contributed by atoms with Crippen LogP contribution in [-0.2, 0) is 0 Å². The fourth-order valence-corrected chi connectivity index (χ4v) is 3.10. The Hall–Kier alpha value is -2.71. The summed E-state index contributed by atoms with van der Waals surface area (Å²) >= 11 is 6.17. The minimum atomic E-state index is 0.704. The zero-order valence-corrected chi connectivity index (χ0v) is 14.4. The van der Waals surface area contributed by atoms with Gasteiger partial charge in [-0.1, -0.05) is 72.3 Å². The topological polar surface area (TPSA) is 25.8 Å². The van der Waals surface area contributed by atoms with E-state index in [4.69, 9.17) is 21.6 Å². The van der Waals surface area contributed by atoms with Crippen LogP contribution in [0.15, 0.2) is 78.9 Å². The molecule has 3 heteroatoms. The van der Waals surface area contributed by atoms with Crippen LogP contribution in [0.3, 0.4) is 0 Å². The zero-order valence-electron chi connectivity index (χ0n) is 13.7. The Morgan fingerprint density at radius 2 is 1.52 bits per heavy atom. The average Bonchev–Trinajstić information content (AvgIpc) is 2.69. The molecule has 2 nitrogen and oxygen atoms in total. The third-order valence-electron chi connectivity index (χ3n) is 4.17. The van der Waals surface area contributed by atoms with E-state index in [1.54, 1.807) is 0 Å². The zero-order chi connectivity index (χ0) is 17.1. The van der Waals surface area contributed by atoms with E-state index in [1.165, 1.54) is 0 Å². The van der Waals surface area contributed by atoms with Crippen molar-refractivity contribution in [2.24, 2.45) is 0 Å². The van der Waals surface area contributed by atoms with Crippen LogP contribution in [0.4, 0.5) is 0 Å². The highest BCUT2D eigenvalue weighted by Gasteiger charge is 2.12. The molecule has 0 amide bonds. The quantitative estimate of drug-likeness (QED) is 0.565. The summed E-state index contributed by atoms with van der Waals surface area (Å²) < 4.78 is 0. The number of halogens is 1. The van der Waals surface area contributed by atoms with E-state index in [9.17, 15) is 0 Å². The highest BCUT2D eigenvalue weighted by Crippen LogP contribution is 2.28. The summed E-state index contributed by atoms with van der Waals surface area (Å²) in [5, 5.41) is 0.704. The van der Waals surface area contributed by atoms with Crippen LogP contribution in [0, 0.1) is 0 Å². The Kier molecular flexibility index (Phi) is 4.45. The number of hydrogen-bond donors (Lipinski definition) is 0. The van der Waals surface area contributed by atoms with Gasteiger partial charge in [0.2, 0.25) is 0 Å². The molecular weight excluding hydrogens is 328 g/mol. The lowest BCUT2D eigenvalue weighted by atomic mass is 10.0. The first-order valence-electron chi connectivity index (χ1n) is 8.37. The number of nitrogens with zero attached hydrogens (tertiary/aromatic N) is 2. The Balaban J connectivity index is 1.89. The van der Waals surface area contributed by atoms with Crippen molar-refractivity contribution in [1.82, 2.24) is 9.97 Å². The Morgan fingerprint density at radius 1 is 0.760 bits per heavy atom. The Labute approximate surface area is 152 Å². The molecule has 4 rings (SSSR count). The van der Waals surface area contributed by atoms with Gasteiger partial charge in [-0.2, -0.15) is 0 Å². The Bertz CT molecular complexity index is 959. The molecule has 0 unspecified atom stereocenters. The monoisotopic (exact) mass is 344 g/mol. The van der Waals surface area contributed by atoms with E-state index in [0.29, 0.717) is 5.02 Å². The minimum Gasteiger partial charge on any atom is -0.228 e. The highest BCUT2D eigenvalue weighted by molar-refractivity contribution is 6.30. The van der Waals surface area contributed by atoms with E-state index in [2.05, 4.69) is 30.4 Å². The molecule has 0 bridgehead atoms. The maximum atomic E-state index is 6.17. The van der Waals surface area contributed by atoms with Gasteiger partial charge in [0.25, 0.3) is 0 Å². The standard InChI is InChI=1S/C22H17ClN2/c23-19-13-7-12-18(14-19)21-15-20(16-8-3-1-4-9-16)24-22(25-21)17-10-5-2-6-11-17/h1,3-5,7-15H,2,6H2. The average molecular weight is 345 g/mol. The lowest BCUT2D eigenvalue weighted by Gasteiger charge is -2.11. The molecule has 122 valence electrons. The van der Waals surface area contributed by atoms with Crippen LogP contribution in [0.2, 0.25) is 5.02 Å². The minimum absolute atomic E-state index is 0.704. The van der Waals surface area contributed by atoms with Crippen molar-refractivity contribution in [3.05, 3.63) is 89.7 Å². The number of benzene rings is 2. The molecule has 2 aromatic carbocycles. The maximum absolute atomic E-state index is 6.17. The highest BCUT2D eigenvalue weighted by atomic mass is 35.5. The van der Waals surface area contributed by atoms with Crippen LogP contribution in [-0.4, -0.2) is 9.97 Å². The van der Waals surface area contributed by atoms with Crippen LogP contribution in [0.5, 0.6) is 0 Å². The summed E-state index contributed by atoms with van der Waals surface area (Å²) in [6.07, 6.45) is 8.58. The van der Waals surface area contributed by atoms with E-state index < -0.39 is 0 Å². The van der Waals surface area contributed by atoms with Crippen molar-refractivity contribution in [3.63, 3.8) is 0 Å². The molecule has 3 aromatic rings. The van der Waals surface area contributed by atoms with E-state index in [1.807, 2.05) is 48.5 Å². The van der Waals surface area contributed by atoms with E-state index in [0.717, 1.165) is 46.8 Å². The summed E-state index contributed by atoms with van der Waals surface area (Å²) in [5.74, 6) is 0.757. The molecule has 0 fully saturated rings. The van der Waals surface area contributed by atoms with Gasteiger partial charge in [-0.3, -0.25) is 0 Å². The van der Waals surface area contributed by atoms with E-state index in [-0.39, 0.29) is 0 Å². The van der Waals surface area contributed by atoms with Gasteiger partial charge < -0.3 is 0 Å². The number of aromatic nitrogens is 2. The third-order valence-corrected chi connectivity index (χ3v) is 4.40. The van der Waals surface area contributed by atoms with Crippen LogP contribution >= 0.6 is 11.6 Å². The molecule has 0 aliphatic heterocycles. The second-order valence-electron chi connectivity index (χ2n) is 5.98. The molecule has 1 aliphatic rings. The predicted molar refractivity (Wildman–Crippen MR) is 104 cm³/mol. The second-order valence-corrected chi connectivity index (χ2v) is 6.41. The summed E-state index contributed by atoms with van der Waals surface area (Å²) in [4.78, 5) is 9.62. The van der Waals surface area contributed by atoms with Crippen molar-refractivity contribution < 1.29 is 0 Å². The Morgan fingerprint density at radius 3 is 2.24 bits per heavy atom. The molecule has 1 aliphatic carbocycles. The predicted octanol–water partition coefficient (Wildman–Crippen LogP) is 6.20. The van der Waals surface area contributed by atoms with Crippen molar-refractivity contribution >= 4 is 17.2 Å². The fraction of sp³-hybridized carbons (Fsp3) is 0.0909. The first kappa shape index (κ1) is 15.8. The maximum Gasteiger partial charge on any atom is 0.160 e. The van der Waals surface area contributed by atoms with Gasteiger partial charge in [-0.15, -0.1) is 0 Å².